The number of fused-ring (bicyclic) bond motifs is 1. The fourth-order valence-electron chi connectivity index (χ4n) is 3.96. The van der Waals surface area contributed by atoms with Crippen LogP contribution in [0.1, 0.15) is 26.7 Å². The molecule has 0 spiro atoms. The van der Waals surface area contributed by atoms with Crippen molar-refractivity contribution in [2.45, 2.75) is 33.0 Å². The summed E-state index contributed by atoms with van der Waals surface area (Å²) in [5.41, 5.74) is 3.48. The molecule has 7 nitrogen and oxygen atoms in total. The molecule has 0 atom stereocenters. The van der Waals surface area contributed by atoms with E-state index in [9.17, 15) is 0 Å². The molecule has 2 heterocycles. The monoisotopic (exact) mass is 461 g/mol. The van der Waals surface area contributed by atoms with Crippen molar-refractivity contribution < 1.29 is 18.6 Å². The molecule has 0 radical (unpaired) electrons. The maximum atomic E-state index is 6.28. The number of benzene rings is 2. The second-order valence-electron chi connectivity index (χ2n) is 7.71. The first-order chi connectivity index (χ1) is 16.7. The number of anilines is 1. The van der Waals surface area contributed by atoms with Crippen LogP contribution < -0.4 is 10.1 Å². The van der Waals surface area contributed by atoms with Gasteiger partial charge >= 0.3 is 0 Å². The van der Waals surface area contributed by atoms with Crippen molar-refractivity contribution in [2.75, 3.05) is 32.2 Å². The number of furan rings is 1. The van der Waals surface area contributed by atoms with Gasteiger partial charge in [-0.05, 0) is 38.0 Å². The van der Waals surface area contributed by atoms with E-state index < -0.39 is 0 Å². The maximum absolute atomic E-state index is 6.28. The molecule has 0 amide bonds. The number of nitrogens with one attached hydrogen (secondary N) is 1. The normalized spacial score (nSPS) is 11.3. The molecule has 4 aromatic rings. The van der Waals surface area contributed by atoms with Gasteiger partial charge in [0.05, 0.1) is 12.5 Å². The molecule has 0 saturated heterocycles. The maximum Gasteiger partial charge on any atom is 0.232 e. The minimum Gasteiger partial charge on any atom is -0.497 e. The molecule has 0 aliphatic carbocycles. The van der Waals surface area contributed by atoms with Gasteiger partial charge in [0.25, 0.3) is 0 Å². The van der Waals surface area contributed by atoms with Crippen molar-refractivity contribution >= 4 is 16.9 Å². The fourth-order valence-corrected chi connectivity index (χ4v) is 3.96. The third-order valence-corrected chi connectivity index (χ3v) is 5.52. The van der Waals surface area contributed by atoms with E-state index >= 15 is 0 Å². The lowest BCUT2D eigenvalue weighted by Gasteiger charge is -2.17. The Bertz CT molecular complexity index is 1170. The van der Waals surface area contributed by atoms with E-state index in [0.29, 0.717) is 18.9 Å². The Labute approximate surface area is 200 Å². The van der Waals surface area contributed by atoms with Crippen molar-refractivity contribution in [1.29, 1.82) is 0 Å². The first kappa shape index (κ1) is 23.7. The highest BCUT2D eigenvalue weighted by Gasteiger charge is 2.22. The number of hydrogen-bond acceptors (Lipinski definition) is 7. The summed E-state index contributed by atoms with van der Waals surface area (Å²) in [6.45, 7) is 5.94. The number of aromatic nitrogens is 2. The summed E-state index contributed by atoms with van der Waals surface area (Å²) in [7, 11) is 1.66. The molecule has 0 saturated carbocycles. The highest BCUT2D eigenvalue weighted by molar-refractivity contribution is 6.05. The number of methoxy groups -OCH3 is 1. The molecule has 0 fully saturated rings. The van der Waals surface area contributed by atoms with Gasteiger partial charge < -0.3 is 23.9 Å². The quantitative estimate of drug-likeness (QED) is 0.200. The van der Waals surface area contributed by atoms with E-state index in [2.05, 4.69) is 15.3 Å². The van der Waals surface area contributed by atoms with Crippen molar-refractivity contribution in [3.05, 3.63) is 60.9 Å². The Morgan fingerprint density at radius 1 is 0.912 bits per heavy atom. The van der Waals surface area contributed by atoms with E-state index in [4.69, 9.17) is 18.6 Å². The molecule has 34 heavy (non-hydrogen) atoms. The average molecular weight is 462 g/mol. The molecular weight excluding hydrogens is 430 g/mol. The highest BCUT2D eigenvalue weighted by Crippen LogP contribution is 2.42. The Kier molecular flexibility index (Phi) is 8.12. The number of nitrogens with zero attached hydrogens (tertiary/aromatic N) is 2. The zero-order valence-electron chi connectivity index (χ0n) is 19.9. The van der Waals surface area contributed by atoms with Gasteiger partial charge in [-0.2, -0.15) is 0 Å². The van der Waals surface area contributed by atoms with Gasteiger partial charge in [-0.1, -0.05) is 42.5 Å². The van der Waals surface area contributed by atoms with Crippen molar-refractivity contribution in [2.24, 2.45) is 0 Å². The molecule has 0 unspecified atom stereocenters. The van der Waals surface area contributed by atoms with Crippen LogP contribution in [0.4, 0.5) is 5.82 Å². The molecule has 1 N–H and O–H groups in total. The average Bonchev–Trinajstić information content (AvgIpc) is 3.28. The van der Waals surface area contributed by atoms with E-state index in [1.807, 2.05) is 68.4 Å². The standard InChI is InChI=1S/C27H31N3O4/c1-4-32-22(33-5-2)12-9-17-28-26-24-23(19-13-15-21(31-3)16-14-19)25(20-10-7-6-8-11-20)34-27(24)30-18-29-26/h6-8,10-11,13-16,18,22H,4-5,9,12,17H2,1-3H3,(H,28,29,30). The van der Waals surface area contributed by atoms with Crippen LogP contribution in [0.15, 0.2) is 65.3 Å². The first-order valence-corrected chi connectivity index (χ1v) is 11.7. The Morgan fingerprint density at radius 2 is 1.65 bits per heavy atom. The van der Waals surface area contributed by atoms with Gasteiger partial charge in [0.15, 0.2) is 6.29 Å². The first-order valence-electron chi connectivity index (χ1n) is 11.7. The Morgan fingerprint density at radius 3 is 2.32 bits per heavy atom. The van der Waals surface area contributed by atoms with Gasteiger partial charge in [0, 0.05) is 37.3 Å². The smallest absolute Gasteiger partial charge is 0.232 e. The zero-order valence-corrected chi connectivity index (χ0v) is 19.9. The lowest BCUT2D eigenvalue weighted by Crippen LogP contribution is -2.18. The molecule has 4 rings (SSSR count). The number of ether oxygens (including phenoxy) is 3. The van der Waals surface area contributed by atoms with Gasteiger partial charge in [-0.25, -0.2) is 9.97 Å². The number of rotatable bonds is 12. The summed E-state index contributed by atoms with van der Waals surface area (Å²) in [6, 6.07) is 18.0. The third kappa shape index (κ3) is 5.38. The van der Waals surface area contributed by atoms with E-state index in [1.54, 1.807) is 7.11 Å². The van der Waals surface area contributed by atoms with Crippen LogP contribution >= 0.6 is 0 Å². The second-order valence-corrected chi connectivity index (χ2v) is 7.71. The van der Waals surface area contributed by atoms with Crippen LogP contribution in [0, 0.1) is 0 Å². The predicted molar refractivity (Wildman–Crippen MR) is 134 cm³/mol. The van der Waals surface area contributed by atoms with Crippen LogP contribution in [-0.4, -0.2) is 43.1 Å². The highest BCUT2D eigenvalue weighted by atomic mass is 16.7. The van der Waals surface area contributed by atoms with Gasteiger partial charge in [-0.3, -0.25) is 0 Å². The molecule has 2 aromatic carbocycles. The Balaban J connectivity index is 1.67. The summed E-state index contributed by atoms with van der Waals surface area (Å²) < 4.78 is 22.9. The van der Waals surface area contributed by atoms with Crippen molar-refractivity contribution in [3.63, 3.8) is 0 Å². The lowest BCUT2D eigenvalue weighted by atomic mass is 9.99. The van der Waals surface area contributed by atoms with Crippen LogP contribution in [0.2, 0.25) is 0 Å². The molecular formula is C27H31N3O4. The molecule has 2 aromatic heterocycles. The SMILES string of the molecule is CCOC(CCCNc1ncnc2oc(-c3ccccc3)c(-c3ccc(OC)cc3)c12)OCC. The zero-order chi connectivity index (χ0) is 23.8. The van der Waals surface area contributed by atoms with Crippen LogP contribution in [0.3, 0.4) is 0 Å². The van der Waals surface area contributed by atoms with E-state index in [0.717, 1.165) is 58.8 Å². The molecule has 0 aliphatic rings. The van der Waals surface area contributed by atoms with Crippen LogP contribution in [0.5, 0.6) is 5.75 Å². The summed E-state index contributed by atoms with van der Waals surface area (Å²) >= 11 is 0. The largest absolute Gasteiger partial charge is 0.497 e. The van der Waals surface area contributed by atoms with Crippen molar-refractivity contribution in [1.82, 2.24) is 9.97 Å². The summed E-state index contributed by atoms with van der Waals surface area (Å²) in [6.07, 6.45) is 3.02. The molecule has 0 aliphatic heterocycles. The predicted octanol–water partition coefficient (Wildman–Crippen LogP) is 6.16. The molecule has 178 valence electrons. The van der Waals surface area contributed by atoms with E-state index in [1.165, 1.54) is 6.33 Å². The minimum atomic E-state index is -0.185. The lowest BCUT2D eigenvalue weighted by molar-refractivity contribution is -0.139. The van der Waals surface area contributed by atoms with E-state index in [-0.39, 0.29) is 6.29 Å². The van der Waals surface area contributed by atoms with Crippen molar-refractivity contribution in [3.8, 4) is 28.2 Å². The second kappa shape index (κ2) is 11.6. The third-order valence-electron chi connectivity index (χ3n) is 5.52. The van der Waals surface area contributed by atoms with Gasteiger partial charge in [0.2, 0.25) is 5.71 Å². The van der Waals surface area contributed by atoms with Crippen LogP contribution in [0.25, 0.3) is 33.6 Å². The van der Waals surface area contributed by atoms with Crippen LogP contribution in [-0.2, 0) is 9.47 Å². The summed E-state index contributed by atoms with van der Waals surface area (Å²) in [5.74, 6) is 2.30. The number of hydrogen-bond donors (Lipinski definition) is 1. The van der Waals surface area contributed by atoms with Gasteiger partial charge in [-0.15, -0.1) is 0 Å². The van der Waals surface area contributed by atoms with Gasteiger partial charge in [0.1, 0.15) is 23.7 Å². The minimum absolute atomic E-state index is 0.185. The Hall–Kier alpha value is -3.42. The molecule has 0 bridgehead atoms. The summed E-state index contributed by atoms with van der Waals surface area (Å²) in [4.78, 5) is 8.98. The summed E-state index contributed by atoms with van der Waals surface area (Å²) in [5, 5.41) is 4.34. The molecule has 7 heteroatoms. The fraction of sp³-hybridized carbons (Fsp3) is 0.333. The topological polar surface area (TPSA) is 78.6 Å².